The number of benzene rings is 2. The Bertz CT molecular complexity index is 761. The van der Waals surface area contributed by atoms with Crippen molar-refractivity contribution in [2.75, 3.05) is 16.8 Å². The highest BCUT2D eigenvalue weighted by Crippen LogP contribution is 2.23. The number of carbonyl (C=O) groups is 2. The van der Waals surface area contributed by atoms with Crippen molar-refractivity contribution in [3.05, 3.63) is 59.1 Å². The van der Waals surface area contributed by atoms with Crippen molar-refractivity contribution in [2.24, 2.45) is 0 Å². The van der Waals surface area contributed by atoms with Crippen LogP contribution in [0, 0.1) is 6.92 Å². The van der Waals surface area contributed by atoms with Crippen LogP contribution in [0.2, 0.25) is 5.02 Å². The van der Waals surface area contributed by atoms with E-state index in [2.05, 4.69) is 10.6 Å². The minimum atomic E-state index is -0.306. The van der Waals surface area contributed by atoms with Crippen LogP contribution in [0.15, 0.2) is 48.5 Å². The normalized spacial score (nSPS) is 17.0. The molecule has 0 bridgehead atoms. The van der Waals surface area contributed by atoms with Crippen LogP contribution in [-0.4, -0.2) is 24.5 Å². The number of amides is 3. The van der Waals surface area contributed by atoms with E-state index in [-0.39, 0.29) is 24.4 Å². The first-order chi connectivity index (χ1) is 11.5. The number of nitrogens with zero attached hydrogens (tertiary/aromatic N) is 1. The molecule has 24 heavy (non-hydrogen) atoms. The van der Waals surface area contributed by atoms with Crippen molar-refractivity contribution in [2.45, 2.75) is 19.4 Å². The van der Waals surface area contributed by atoms with Gasteiger partial charge in [-0.25, -0.2) is 4.79 Å². The number of carbonyl (C=O) groups excluding carboxylic acids is 2. The monoisotopic (exact) mass is 343 g/mol. The third-order valence-corrected chi connectivity index (χ3v) is 4.24. The molecule has 0 radical (unpaired) electrons. The molecule has 1 aliphatic heterocycles. The van der Waals surface area contributed by atoms with E-state index >= 15 is 0 Å². The molecular formula is C18H18ClN3O2. The maximum atomic E-state index is 12.2. The molecule has 2 N–H and O–H groups in total. The van der Waals surface area contributed by atoms with E-state index in [1.807, 2.05) is 31.2 Å². The topological polar surface area (TPSA) is 61.4 Å². The quantitative estimate of drug-likeness (QED) is 0.894. The van der Waals surface area contributed by atoms with Crippen molar-refractivity contribution in [3.8, 4) is 0 Å². The predicted molar refractivity (Wildman–Crippen MR) is 95.5 cm³/mol. The van der Waals surface area contributed by atoms with Crippen molar-refractivity contribution in [1.82, 2.24) is 5.32 Å². The summed E-state index contributed by atoms with van der Waals surface area (Å²) in [6.07, 6.45) is 0.282. The summed E-state index contributed by atoms with van der Waals surface area (Å²) in [4.78, 5) is 26.0. The summed E-state index contributed by atoms with van der Waals surface area (Å²) in [7, 11) is 0. The fourth-order valence-corrected chi connectivity index (χ4v) is 2.86. The van der Waals surface area contributed by atoms with Crippen LogP contribution in [0.1, 0.15) is 12.0 Å². The Kier molecular flexibility index (Phi) is 4.71. The third kappa shape index (κ3) is 3.68. The average molecular weight is 344 g/mol. The summed E-state index contributed by atoms with van der Waals surface area (Å²) < 4.78 is 0. The molecule has 1 atom stereocenters. The van der Waals surface area contributed by atoms with Crippen LogP contribution < -0.4 is 15.5 Å². The number of aryl methyl sites for hydroxylation is 1. The predicted octanol–water partition coefficient (Wildman–Crippen LogP) is 3.58. The molecule has 1 saturated heterocycles. The van der Waals surface area contributed by atoms with E-state index < -0.39 is 0 Å². The lowest BCUT2D eigenvalue weighted by atomic mass is 10.2. The molecule has 124 valence electrons. The number of rotatable bonds is 3. The summed E-state index contributed by atoms with van der Waals surface area (Å²) in [6.45, 7) is 2.37. The summed E-state index contributed by atoms with van der Waals surface area (Å²) in [6, 6.07) is 14.1. The van der Waals surface area contributed by atoms with Crippen molar-refractivity contribution in [3.63, 3.8) is 0 Å². The molecular weight excluding hydrogens is 326 g/mol. The third-order valence-electron chi connectivity index (χ3n) is 3.99. The molecule has 2 aromatic carbocycles. The lowest BCUT2D eigenvalue weighted by molar-refractivity contribution is -0.117. The Morgan fingerprint density at radius 2 is 1.88 bits per heavy atom. The van der Waals surface area contributed by atoms with Gasteiger partial charge in [0.05, 0.1) is 6.04 Å². The van der Waals surface area contributed by atoms with Crippen LogP contribution in [0.25, 0.3) is 0 Å². The summed E-state index contributed by atoms with van der Waals surface area (Å²) in [5, 5.41) is 6.30. The molecule has 1 aliphatic rings. The molecule has 0 spiro atoms. The molecule has 6 heteroatoms. The second-order valence-electron chi connectivity index (χ2n) is 5.80. The lowest BCUT2D eigenvalue weighted by Crippen LogP contribution is -2.39. The van der Waals surface area contributed by atoms with Gasteiger partial charge in [-0.3, -0.25) is 4.79 Å². The molecule has 2 aromatic rings. The average Bonchev–Trinajstić information content (AvgIpc) is 2.90. The fraction of sp³-hybridized carbons (Fsp3) is 0.222. The number of hydrogen-bond donors (Lipinski definition) is 2. The van der Waals surface area contributed by atoms with Crippen LogP contribution in [-0.2, 0) is 4.79 Å². The SMILES string of the molecule is Cc1ccccc1NC(=O)N[C@@H]1CC(=O)N(c2ccc(Cl)cc2)C1. The summed E-state index contributed by atoms with van der Waals surface area (Å²) >= 11 is 5.87. The zero-order valence-electron chi connectivity index (χ0n) is 13.3. The smallest absolute Gasteiger partial charge is 0.319 e. The highest BCUT2D eigenvalue weighted by molar-refractivity contribution is 6.30. The Morgan fingerprint density at radius 1 is 1.17 bits per heavy atom. The summed E-state index contributed by atoms with van der Waals surface area (Å²) in [5.74, 6) is -0.0153. The first kappa shape index (κ1) is 16.3. The standard InChI is InChI=1S/C18H18ClN3O2/c1-12-4-2-3-5-16(12)21-18(24)20-14-10-17(23)22(11-14)15-8-6-13(19)7-9-15/h2-9,14H,10-11H2,1H3,(H2,20,21,24)/t14-/m1/s1. The molecule has 0 unspecified atom stereocenters. The van der Waals surface area contributed by atoms with Crippen LogP contribution in [0.3, 0.4) is 0 Å². The van der Waals surface area contributed by atoms with Gasteiger partial charge in [-0.2, -0.15) is 0 Å². The van der Waals surface area contributed by atoms with E-state index in [1.165, 1.54) is 0 Å². The minimum absolute atomic E-state index is 0.0153. The lowest BCUT2D eigenvalue weighted by Gasteiger charge is -2.17. The van der Waals surface area contributed by atoms with E-state index in [0.717, 1.165) is 16.9 Å². The first-order valence-electron chi connectivity index (χ1n) is 7.72. The van der Waals surface area contributed by atoms with Gasteiger partial charge < -0.3 is 15.5 Å². The summed E-state index contributed by atoms with van der Waals surface area (Å²) in [5.41, 5.74) is 2.53. The van der Waals surface area contributed by atoms with Gasteiger partial charge in [-0.1, -0.05) is 29.8 Å². The second-order valence-corrected chi connectivity index (χ2v) is 6.23. The van der Waals surface area contributed by atoms with E-state index in [9.17, 15) is 9.59 Å². The van der Waals surface area contributed by atoms with Gasteiger partial charge in [-0.15, -0.1) is 0 Å². The molecule has 3 rings (SSSR count). The molecule has 3 amide bonds. The maximum Gasteiger partial charge on any atom is 0.319 e. The van der Waals surface area contributed by atoms with Gasteiger partial charge in [0.2, 0.25) is 5.91 Å². The number of urea groups is 1. The highest BCUT2D eigenvalue weighted by atomic mass is 35.5. The van der Waals surface area contributed by atoms with Crippen LogP contribution in [0.5, 0.6) is 0 Å². The van der Waals surface area contributed by atoms with Gasteiger partial charge in [0.25, 0.3) is 0 Å². The van der Waals surface area contributed by atoms with Gasteiger partial charge >= 0.3 is 6.03 Å². The largest absolute Gasteiger partial charge is 0.333 e. The van der Waals surface area contributed by atoms with E-state index in [0.29, 0.717) is 11.6 Å². The molecule has 0 aromatic heterocycles. The number of halogens is 1. The van der Waals surface area contributed by atoms with Gasteiger partial charge in [-0.05, 0) is 42.8 Å². The second kappa shape index (κ2) is 6.93. The maximum absolute atomic E-state index is 12.2. The van der Waals surface area contributed by atoms with Crippen LogP contribution in [0.4, 0.5) is 16.2 Å². The van der Waals surface area contributed by atoms with Gasteiger partial charge in [0.1, 0.15) is 0 Å². The van der Waals surface area contributed by atoms with Crippen LogP contribution >= 0.6 is 11.6 Å². The number of anilines is 2. The zero-order valence-corrected chi connectivity index (χ0v) is 14.0. The minimum Gasteiger partial charge on any atom is -0.333 e. The van der Waals surface area contributed by atoms with E-state index in [4.69, 9.17) is 11.6 Å². The molecule has 0 saturated carbocycles. The number of nitrogens with one attached hydrogen (secondary N) is 2. The number of para-hydroxylation sites is 1. The molecule has 5 nitrogen and oxygen atoms in total. The Morgan fingerprint density at radius 3 is 2.58 bits per heavy atom. The molecule has 1 heterocycles. The van der Waals surface area contributed by atoms with Gasteiger partial charge in [0.15, 0.2) is 0 Å². The van der Waals surface area contributed by atoms with E-state index in [1.54, 1.807) is 29.2 Å². The van der Waals surface area contributed by atoms with Crippen molar-refractivity contribution in [1.29, 1.82) is 0 Å². The highest BCUT2D eigenvalue weighted by Gasteiger charge is 2.31. The number of hydrogen-bond acceptors (Lipinski definition) is 2. The Balaban J connectivity index is 1.61. The Labute approximate surface area is 145 Å². The fourth-order valence-electron chi connectivity index (χ4n) is 2.73. The van der Waals surface area contributed by atoms with Gasteiger partial charge in [0, 0.05) is 29.4 Å². The van der Waals surface area contributed by atoms with Crippen molar-refractivity contribution < 1.29 is 9.59 Å². The van der Waals surface area contributed by atoms with Crippen molar-refractivity contribution >= 4 is 34.9 Å². The zero-order chi connectivity index (χ0) is 17.1. The molecule has 1 fully saturated rings. The molecule has 0 aliphatic carbocycles. The first-order valence-corrected chi connectivity index (χ1v) is 8.10. The Hall–Kier alpha value is -2.53.